The van der Waals surface area contributed by atoms with E-state index in [1.807, 2.05) is 6.92 Å². The number of carbonyl (C=O) groups excluding carboxylic acids is 1. The first-order valence-electron chi connectivity index (χ1n) is 6.40. The van der Waals surface area contributed by atoms with Crippen molar-refractivity contribution in [2.24, 2.45) is 5.92 Å². The molecule has 0 aromatic carbocycles. The van der Waals surface area contributed by atoms with Crippen molar-refractivity contribution < 1.29 is 4.79 Å². The summed E-state index contributed by atoms with van der Waals surface area (Å²) in [6.45, 7) is 8.73. The maximum atomic E-state index is 12.0. The van der Waals surface area contributed by atoms with Gasteiger partial charge in [-0.25, -0.2) is 0 Å². The van der Waals surface area contributed by atoms with Gasteiger partial charge in [0.05, 0.1) is 0 Å². The second kappa shape index (κ2) is 6.68. The van der Waals surface area contributed by atoms with Crippen LogP contribution >= 0.6 is 12.2 Å². The molecule has 0 spiro atoms. The number of nitrogens with zero attached hydrogens (tertiary/aromatic N) is 2. The summed E-state index contributed by atoms with van der Waals surface area (Å²) in [5.74, 6) is 1.27. The molecule has 1 amide bonds. The van der Waals surface area contributed by atoms with Crippen LogP contribution in [0.25, 0.3) is 0 Å². The number of aryl methyl sites for hydroxylation is 1. The van der Waals surface area contributed by atoms with E-state index in [4.69, 9.17) is 12.2 Å². The van der Waals surface area contributed by atoms with Crippen LogP contribution in [0, 0.1) is 10.7 Å². The summed E-state index contributed by atoms with van der Waals surface area (Å²) in [5.41, 5.74) is 0. The molecule has 102 valence electrons. The third-order valence-corrected chi connectivity index (χ3v) is 2.99. The van der Waals surface area contributed by atoms with Gasteiger partial charge in [-0.1, -0.05) is 20.8 Å². The van der Waals surface area contributed by atoms with Crippen molar-refractivity contribution in [1.82, 2.24) is 20.1 Å². The lowest BCUT2D eigenvalue weighted by Gasteiger charge is -2.16. The predicted molar refractivity (Wildman–Crippen MR) is 74.0 cm³/mol. The predicted octanol–water partition coefficient (Wildman–Crippen LogP) is 2.23. The molecule has 1 heterocycles. The zero-order chi connectivity index (χ0) is 13.7. The second-order valence-corrected chi connectivity index (χ2v) is 5.27. The Balaban J connectivity index is 2.82. The average Bonchev–Trinajstić information content (AvgIpc) is 2.67. The fourth-order valence-electron chi connectivity index (χ4n) is 1.71. The Morgan fingerprint density at radius 3 is 2.72 bits per heavy atom. The molecule has 1 aromatic rings. The average molecular weight is 270 g/mol. The van der Waals surface area contributed by atoms with Crippen molar-refractivity contribution in [2.45, 2.75) is 46.6 Å². The third kappa shape index (κ3) is 3.66. The molecule has 6 heteroatoms. The maximum Gasteiger partial charge on any atom is 0.242 e. The zero-order valence-electron chi connectivity index (χ0n) is 11.5. The molecule has 1 rings (SSSR count). The quantitative estimate of drug-likeness (QED) is 0.779. The molecule has 0 fully saturated rings. The number of aromatic nitrogens is 3. The third-order valence-electron chi connectivity index (χ3n) is 2.70. The smallest absolute Gasteiger partial charge is 0.242 e. The molecule has 0 bridgehead atoms. The van der Waals surface area contributed by atoms with Gasteiger partial charge in [0.15, 0.2) is 4.77 Å². The molecule has 0 saturated heterocycles. The number of hydrogen-bond donors (Lipinski definition) is 2. The summed E-state index contributed by atoms with van der Waals surface area (Å²) in [5, 5.41) is 9.85. The summed E-state index contributed by atoms with van der Waals surface area (Å²) in [6.07, 6.45) is 1.79. The minimum atomic E-state index is -0.323. The molecule has 2 N–H and O–H groups in total. The van der Waals surface area contributed by atoms with E-state index < -0.39 is 0 Å². The first kappa shape index (κ1) is 14.9. The molecule has 0 aliphatic heterocycles. The number of carbonyl (C=O) groups is 1. The van der Waals surface area contributed by atoms with Crippen LogP contribution in [0.2, 0.25) is 0 Å². The van der Waals surface area contributed by atoms with Crippen LogP contribution in [0.3, 0.4) is 0 Å². The molecule has 18 heavy (non-hydrogen) atoms. The number of hydrogen-bond acceptors (Lipinski definition) is 3. The monoisotopic (exact) mass is 270 g/mol. The van der Waals surface area contributed by atoms with Crippen molar-refractivity contribution in [1.29, 1.82) is 0 Å². The van der Waals surface area contributed by atoms with Gasteiger partial charge in [-0.2, -0.15) is 5.10 Å². The molecular formula is C12H22N4OS. The van der Waals surface area contributed by atoms with E-state index in [9.17, 15) is 4.79 Å². The molecule has 1 atom stereocenters. The first-order valence-corrected chi connectivity index (χ1v) is 6.81. The number of rotatable bonds is 6. The van der Waals surface area contributed by atoms with Gasteiger partial charge >= 0.3 is 0 Å². The Hall–Kier alpha value is -1.17. The van der Waals surface area contributed by atoms with Gasteiger partial charge in [0.25, 0.3) is 0 Å². The molecule has 1 aromatic heterocycles. The molecule has 0 aliphatic rings. The van der Waals surface area contributed by atoms with Gasteiger partial charge < -0.3 is 5.32 Å². The Bertz CT molecular complexity index is 449. The second-order valence-electron chi connectivity index (χ2n) is 4.88. The summed E-state index contributed by atoms with van der Waals surface area (Å²) in [7, 11) is 0. The highest BCUT2D eigenvalue weighted by atomic mass is 32.1. The highest BCUT2D eigenvalue weighted by molar-refractivity contribution is 7.71. The van der Waals surface area contributed by atoms with Gasteiger partial charge in [0, 0.05) is 13.0 Å². The Labute approximate surface area is 113 Å². The SMILES string of the molecule is CCCc1n[nH]c(=S)n1C(C)C(=O)NCC(C)C. The molecule has 0 aliphatic carbocycles. The highest BCUT2D eigenvalue weighted by Gasteiger charge is 2.19. The molecule has 1 unspecified atom stereocenters. The van der Waals surface area contributed by atoms with E-state index in [1.54, 1.807) is 4.57 Å². The fraction of sp³-hybridized carbons (Fsp3) is 0.750. The highest BCUT2D eigenvalue weighted by Crippen LogP contribution is 2.11. The van der Waals surface area contributed by atoms with E-state index in [1.165, 1.54) is 0 Å². The minimum absolute atomic E-state index is 0.0152. The maximum absolute atomic E-state index is 12.0. The van der Waals surface area contributed by atoms with E-state index in [0.717, 1.165) is 18.7 Å². The van der Waals surface area contributed by atoms with Crippen LogP contribution in [-0.2, 0) is 11.2 Å². The lowest BCUT2D eigenvalue weighted by molar-refractivity contribution is -0.124. The van der Waals surface area contributed by atoms with Crippen molar-refractivity contribution in [3.05, 3.63) is 10.6 Å². The summed E-state index contributed by atoms with van der Waals surface area (Å²) >= 11 is 5.18. The van der Waals surface area contributed by atoms with Crippen molar-refractivity contribution in [2.75, 3.05) is 6.54 Å². The molecule has 5 nitrogen and oxygen atoms in total. The number of amides is 1. The fourth-order valence-corrected chi connectivity index (χ4v) is 2.02. The van der Waals surface area contributed by atoms with Gasteiger partial charge in [-0.15, -0.1) is 0 Å². The van der Waals surface area contributed by atoms with E-state index in [-0.39, 0.29) is 11.9 Å². The Morgan fingerprint density at radius 1 is 1.50 bits per heavy atom. The van der Waals surface area contributed by atoms with Gasteiger partial charge in [-0.3, -0.25) is 14.5 Å². The van der Waals surface area contributed by atoms with Crippen LogP contribution in [-0.4, -0.2) is 27.2 Å². The van der Waals surface area contributed by atoms with Gasteiger partial charge in [-0.05, 0) is 31.5 Å². The lowest BCUT2D eigenvalue weighted by Crippen LogP contribution is -2.34. The van der Waals surface area contributed by atoms with E-state index in [0.29, 0.717) is 17.2 Å². The number of aromatic amines is 1. The first-order chi connectivity index (χ1) is 8.47. The van der Waals surface area contributed by atoms with Crippen molar-refractivity contribution in [3.8, 4) is 0 Å². The van der Waals surface area contributed by atoms with Crippen LogP contribution in [0.1, 0.15) is 46.0 Å². The number of H-pyrrole nitrogens is 1. The molecular weight excluding hydrogens is 248 g/mol. The van der Waals surface area contributed by atoms with Crippen LogP contribution in [0.5, 0.6) is 0 Å². The number of nitrogens with one attached hydrogen (secondary N) is 2. The van der Waals surface area contributed by atoms with Crippen LogP contribution < -0.4 is 5.32 Å². The van der Waals surface area contributed by atoms with Gasteiger partial charge in [0.1, 0.15) is 11.9 Å². The summed E-state index contributed by atoms with van der Waals surface area (Å²) in [4.78, 5) is 12.0. The zero-order valence-corrected chi connectivity index (χ0v) is 12.3. The normalized spacial score (nSPS) is 12.7. The Morgan fingerprint density at radius 2 is 2.17 bits per heavy atom. The summed E-state index contributed by atoms with van der Waals surface area (Å²) < 4.78 is 2.31. The van der Waals surface area contributed by atoms with E-state index >= 15 is 0 Å². The van der Waals surface area contributed by atoms with Crippen molar-refractivity contribution >= 4 is 18.1 Å². The standard InChI is InChI=1S/C12H22N4OS/c1-5-6-10-14-15-12(18)16(10)9(4)11(17)13-7-8(2)3/h8-9H,5-7H2,1-4H3,(H,13,17)(H,15,18). The lowest BCUT2D eigenvalue weighted by atomic mass is 10.2. The van der Waals surface area contributed by atoms with Crippen LogP contribution in [0.4, 0.5) is 0 Å². The van der Waals surface area contributed by atoms with Crippen LogP contribution in [0.15, 0.2) is 0 Å². The van der Waals surface area contributed by atoms with E-state index in [2.05, 4.69) is 36.3 Å². The topological polar surface area (TPSA) is 62.7 Å². The minimum Gasteiger partial charge on any atom is -0.354 e. The van der Waals surface area contributed by atoms with Crippen molar-refractivity contribution in [3.63, 3.8) is 0 Å². The molecule has 0 saturated carbocycles. The largest absolute Gasteiger partial charge is 0.354 e. The van der Waals surface area contributed by atoms with Gasteiger partial charge in [0.2, 0.25) is 5.91 Å². The molecule has 0 radical (unpaired) electrons. The Kier molecular flexibility index (Phi) is 5.53. The summed E-state index contributed by atoms with van der Waals surface area (Å²) in [6, 6.07) is -0.323.